The van der Waals surface area contributed by atoms with Gasteiger partial charge >= 0.3 is 0 Å². The van der Waals surface area contributed by atoms with E-state index in [0.29, 0.717) is 5.92 Å². The van der Waals surface area contributed by atoms with Crippen LogP contribution in [-0.2, 0) is 12.8 Å². The van der Waals surface area contributed by atoms with Crippen LogP contribution in [0.3, 0.4) is 0 Å². The maximum atomic E-state index is 3.26. The molecule has 0 bridgehead atoms. The van der Waals surface area contributed by atoms with Crippen LogP contribution in [0.25, 0.3) is 0 Å². The molecule has 0 saturated heterocycles. The first-order chi connectivity index (χ1) is 14.3. The molecular weight excluding hydrogens is 348 g/mol. The molecule has 1 aliphatic carbocycles. The first kappa shape index (κ1) is 21.4. The topological polar surface area (TPSA) is 0 Å². The Hall–Kier alpha value is -2.26. The quantitative estimate of drug-likeness (QED) is 0.336. The van der Waals surface area contributed by atoms with Crippen molar-refractivity contribution in [3.8, 4) is 11.8 Å². The Kier molecular flexibility index (Phi) is 8.63. The van der Waals surface area contributed by atoms with E-state index in [1.165, 1.54) is 62.5 Å². The van der Waals surface area contributed by atoms with E-state index in [-0.39, 0.29) is 0 Å². The summed E-state index contributed by atoms with van der Waals surface area (Å²) in [5, 5.41) is 0. The molecule has 0 aliphatic heterocycles. The predicted molar refractivity (Wildman–Crippen MR) is 126 cm³/mol. The molecule has 29 heavy (non-hydrogen) atoms. The van der Waals surface area contributed by atoms with Gasteiger partial charge in [0.1, 0.15) is 0 Å². The van der Waals surface area contributed by atoms with E-state index in [1.54, 1.807) is 5.56 Å². The lowest BCUT2D eigenvalue weighted by Crippen LogP contribution is -2.11. The van der Waals surface area contributed by atoms with Crippen LogP contribution >= 0.6 is 0 Å². The van der Waals surface area contributed by atoms with E-state index < -0.39 is 0 Å². The number of allylic oxidation sites excluding steroid dienone is 2. The van der Waals surface area contributed by atoms with Crippen molar-refractivity contribution in [2.45, 2.75) is 77.6 Å². The minimum atomic E-state index is 0.691. The smallest absolute Gasteiger partial charge is 0.0249 e. The largest absolute Gasteiger partial charge is 0.0730 e. The number of benzene rings is 2. The minimum Gasteiger partial charge on any atom is -0.0730 e. The Morgan fingerprint density at radius 3 is 2.17 bits per heavy atom. The molecule has 152 valence electrons. The summed E-state index contributed by atoms with van der Waals surface area (Å²) in [6, 6.07) is 18.1. The second kappa shape index (κ2) is 11.7. The van der Waals surface area contributed by atoms with Gasteiger partial charge in [-0.3, -0.25) is 0 Å². The Labute approximate surface area is 178 Å². The molecule has 2 aromatic carbocycles. The van der Waals surface area contributed by atoms with Crippen molar-refractivity contribution >= 4 is 0 Å². The van der Waals surface area contributed by atoms with Crippen LogP contribution in [0.1, 0.15) is 87.0 Å². The fourth-order valence-electron chi connectivity index (χ4n) is 4.31. The van der Waals surface area contributed by atoms with Crippen molar-refractivity contribution in [1.29, 1.82) is 0 Å². The van der Waals surface area contributed by atoms with Crippen LogP contribution in [0.4, 0.5) is 0 Å². The summed E-state index contributed by atoms with van der Waals surface area (Å²) in [4.78, 5) is 0. The molecule has 0 unspecified atom stereocenters. The minimum absolute atomic E-state index is 0.691. The summed E-state index contributed by atoms with van der Waals surface area (Å²) < 4.78 is 0. The van der Waals surface area contributed by atoms with Crippen LogP contribution in [-0.4, -0.2) is 0 Å². The molecule has 0 heterocycles. The standard InChI is InChI=1S/C29H36/c1-3-5-6-9-26-16-20-28(21-17-26)29-22-18-27(19-23-29)11-8-7-10-25-14-12-24(4-2)13-15-25/h8,11-17,20-21,27,29H,3-6,9,18-19,22-23H2,1-2H3/b11-8+/t27-,29-. The van der Waals surface area contributed by atoms with Gasteiger partial charge in [-0.25, -0.2) is 0 Å². The molecule has 0 aromatic heterocycles. The highest BCUT2D eigenvalue weighted by Crippen LogP contribution is 2.36. The van der Waals surface area contributed by atoms with E-state index in [4.69, 9.17) is 0 Å². The van der Waals surface area contributed by atoms with Gasteiger partial charge in [-0.1, -0.05) is 81.0 Å². The van der Waals surface area contributed by atoms with Gasteiger partial charge in [0.25, 0.3) is 0 Å². The highest BCUT2D eigenvalue weighted by molar-refractivity contribution is 5.38. The monoisotopic (exact) mass is 384 g/mol. The lowest BCUT2D eigenvalue weighted by Gasteiger charge is -2.27. The van der Waals surface area contributed by atoms with Crippen LogP contribution in [0.5, 0.6) is 0 Å². The van der Waals surface area contributed by atoms with E-state index in [1.807, 2.05) is 0 Å². The molecule has 0 amide bonds. The molecular formula is C29H36. The van der Waals surface area contributed by atoms with Crippen molar-refractivity contribution in [1.82, 2.24) is 0 Å². The summed E-state index contributed by atoms with van der Waals surface area (Å²) in [5.41, 5.74) is 5.52. The molecule has 2 aromatic rings. The summed E-state index contributed by atoms with van der Waals surface area (Å²) in [6.45, 7) is 4.45. The van der Waals surface area contributed by atoms with Gasteiger partial charge in [0.2, 0.25) is 0 Å². The predicted octanol–water partition coefficient (Wildman–Crippen LogP) is 7.86. The first-order valence-electron chi connectivity index (χ1n) is 11.6. The lowest BCUT2D eigenvalue weighted by atomic mass is 9.78. The molecule has 0 spiro atoms. The van der Waals surface area contributed by atoms with Gasteiger partial charge in [-0.05, 0) is 91.7 Å². The normalized spacial score (nSPS) is 19.1. The molecule has 0 nitrogen and oxygen atoms in total. The Balaban J connectivity index is 1.44. The maximum Gasteiger partial charge on any atom is 0.0249 e. The molecule has 1 saturated carbocycles. The number of aryl methyl sites for hydroxylation is 2. The summed E-state index contributed by atoms with van der Waals surface area (Å²) in [7, 11) is 0. The van der Waals surface area contributed by atoms with Crippen LogP contribution in [0.15, 0.2) is 60.7 Å². The highest BCUT2D eigenvalue weighted by Gasteiger charge is 2.20. The molecule has 0 radical (unpaired) electrons. The number of hydrogen-bond acceptors (Lipinski definition) is 0. The van der Waals surface area contributed by atoms with Gasteiger partial charge in [0.05, 0.1) is 0 Å². The van der Waals surface area contributed by atoms with Gasteiger partial charge in [-0.2, -0.15) is 0 Å². The highest BCUT2D eigenvalue weighted by atomic mass is 14.3. The zero-order chi connectivity index (χ0) is 20.3. The van der Waals surface area contributed by atoms with Crippen molar-refractivity contribution in [3.63, 3.8) is 0 Å². The average Bonchev–Trinajstić information content (AvgIpc) is 2.78. The third-order valence-corrected chi connectivity index (χ3v) is 6.32. The zero-order valence-corrected chi connectivity index (χ0v) is 18.3. The molecule has 1 aliphatic rings. The van der Waals surface area contributed by atoms with Crippen molar-refractivity contribution in [3.05, 3.63) is 82.9 Å². The summed E-state index contributed by atoms with van der Waals surface area (Å²) >= 11 is 0. The van der Waals surface area contributed by atoms with Gasteiger partial charge in [-0.15, -0.1) is 0 Å². The van der Waals surface area contributed by atoms with E-state index in [9.17, 15) is 0 Å². The van der Waals surface area contributed by atoms with E-state index >= 15 is 0 Å². The number of unbranched alkanes of at least 4 members (excludes halogenated alkanes) is 2. The van der Waals surface area contributed by atoms with Crippen molar-refractivity contribution in [2.75, 3.05) is 0 Å². The van der Waals surface area contributed by atoms with Crippen molar-refractivity contribution < 1.29 is 0 Å². The molecule has 0 heteroatoms. The first-order valence-corrected chi connectivity index (χ1v) is 11.6. The number of rotatable bonds is 7. The van der Waals surface area contributed by atoms with Crippen LogP contribution < -0.4 is 0 Å². The SMILES string of the molecule is CCCCCc1ccc([C@H]2CC[C@H](/C=C/C#Cc3ccc(CC)cc3)CC2)cc1. The third-order valence-electron chi connectivity index (χ3n) is 6.32. The summed E-state index contributed by atoms with van der Waals surface area (Å²) in [6.07, 6.45) is 15.9. The summed E-state index contributed by atoms with van der Waals surface area (Å²) in [5.74, 6) is 7.92. The zero-order valence-electron chi connectivity index (χ0n) is 18.3. The Morgan fingerprint density at radius 2 is 1.52 bits per heavy atom. The third kappa shape index (κ3) is 6.93. The fraction of sp³-hybridized carbons (Fsp3) is 0.448. The molecule has 3 rings (SSSR count). The second-order valence-electron chi connectivity index (χ2n) is 8.49. The van der Waals surface area contributed by atoms with Gasteiger partial charge in [0, 0.05) is 5.56 Å². The number of hydrogen-bond donors (Lipinski definition) is 0. The van der Waals surface area contributed by atoms with Crippen molar-refractivity contribution in [2.24, 2.45) is 5.92 Å². The van der Waals surface area contributed by atoms with Crippen LogP contribution in [0.2, 0.25) is 0 Å². The lowest BCUT2D eigenvalue weighted by molar-refractivity contribution is 0.376. The van der Waals surface area contributed by atoms with Gasteiger partial charge < -0.3 is 0 Å². The molecule has 0 N–H and O–H groups in total. The molecule has 0 atom stereocenters. The Morgan fingerprint density at radius 1 is 0.828 bits per heavy atom. The van der Waals surface area contributed by atoms with E-state index in [2.05, 4.69) is 86.4 Å². The van der Waals surface area contributed by atoms with Gasteiger partial charge in [0.15, 0.2) is 0 Å². The second-order valence-corrected chi connectivity index (χ2v) is 8.49. The van der Waals surface area contributed by atoms with Crippen LogP contribution in [0, 0.1) is 17.8 Å². The maximum absolute atomic E-state index is 3.26. The average molecular weight is 385 g/mol. The fourth-order valence-corrected chi connectivity index (χ4v) is 4.31. The Bertz CT molecular complexity index is 803. The molecule has 1 fully saturated rings. The van der Waals surface area contributed by atoms with E-state index in [0.717, 1.165) is 17.9 Å².